The molecule has 2 N–H and O–H groups in total. The summed E-state index contributed by atoms with van der Waals surface area (Å²) in [5, 5.41) is 24.4. The van der Waals surface area contributed by atoms with Crippen LogP contribution in [0, 0.1) is 12.8 Å². The monoisotopic (exact) mass is 420 g/mol. The predicted molar refractivity (Wildman–Crippen MR) is 112 cm³/mol. The van der Waals surface area contributed by atoms with Crippen molar-refractivity contribution in [3.8, 4) is 0 Å². The van der Waals surface area contributed by atoms with Crippen molar-refractivity contribution in [2.75, 3.05) is 17.2 Å². The number of benzene rings is 1. The Bertz CT molecular complexity index is 890. The lowest BCUT2D eigenvalue weighted by atomic mass is 10.2. The number of thioether (sulfide) groups is 1. The highest BCUT2D eigenvalue weighted by molar-refractivity contribution is 8.00. The normalized spacial score (nSPS) is 11.0. The van der Waals surface area contributed by atoms with Gasteiger partial charge in [-0.1, -0.05) is 66.0 Å². The molecule has 7 nitrogen and oxygen atoms in total. The molecule has 2 aromatic heterocycles. The lowest BCUT2D eigenvalue weighted by molar-refractivity contribution is 0.102. The fourth-order valence-electron chi connectivity index (χ4n) is 1.98. The van der Waals surface area contributed by atoms with Gasteiger partial charge in [-0.3, -0.25) is 4.79 Å². The lowest BCUT2D eigenvalue weighted by Crippen LogP contribution is -2.11. The van der Waals surface area contributed by atoms with Gasteiger partial charge in [0.05, 0.1) is 5.75 Å². The summed E-state index contributed by atoms with van der Waals surface area (Å²) in [6.45, 7) is 7.16. The van der Waals surface area contributed by atoms with Gasteiger partial charge in [0, 0.05) is 12.2 Å². The minimum atomic E-state index is -0.247. The number of anilines is 2. The molecular formula is C17H20N6OS3. The molecule has 3 rings (SSSR count). The van der Waals surface area contributed by atoms with E-state index in [-0.39, 0.29) is 5.91 Å². The number of rotatable bonds is 8. The van der Waals surface area contributed by atoms with Crippen molar-refractivity contribution in [3.05, 3.63) is 39.8 Å². The summed E-state index contributed by atoms with van der Waals surface area (Å²) < 4.78 is 0.863. The minimum absolute atomic E-state index is 0.247. The van der Waals surface area contributed by atoms with E-state index in [4.69, 9.17) is 0 Å². The molecule has 0 radical (unpaired) electrons. The van der Waals surface area contributed by atoms with E-state index >= 15 is 0 Å². The highest BCUT2D eigenvalue weighted by Crippen LogP contribution is 2.29. The van der Waals surface area contributed by atoms with E-state index in [9.17, 15) is 4.79 Å². The quantitative estimate of drug-likeness (QED) is 0.525. The maximum absolute atomic E-state index is 12.3. The molecule has 0 bridgehead atoms. The van der Waals surface area contributed by atoms with Gasteiger partial charge in [-0.15, -0.1) is 20.4 Å². The highest BCUT2D eigenvalue weighted by atomic mass is 32.2. The van der Waals surface area contributed by atoms with Crippen molar-refractivity contribution in [2.45, 2.75) is 30.9 Å². The summed E-state index contributed by atoms with van der Waals surface area (Å²) in [5.74, 6) is 0.911. The molecule has 0 saturated heterocycles. The van der Waals surface area contributed by atoms with Gasteiger partial charge in [0.1, 0.15) is 5.01 Å². The molecule has 0 aliphatic heterocycles. The maximum Gasteiger partial charge on any atom is 0.286 e. The number of nitrogens with zero attached hydrogens (tertiary/aromatic N) is 4. The van der Waals surface area contributed by atoms with Crippen molar-refractivity contribution < 1.29 is 4.79 Å². The van der Waals surface area contributed by atoms with Crippen LogP contribution in [0.5, 0.6) is 0 Å². The summed E-state index contributed by atoms with van der Waals surface area (Å²) in [5.41, 5.74) is 1.88. The molecule has 0 aliphatic carbocycles. The van der Waals surface area contributed by atoms with E-state index < -0.39 is 0 Å². The second-order valence-corrected chi connectivity index (χ2v) is 9.52. The third kappa shape index (κ3) is 5.98. The Labute approximate surface area is 170 Å². The summed E-state index contributed by atoms with van der Waals surface area (Å²) in [7, 11) is 0. The van der Waals surface area contributed by atoms with E-state index in [1.807, 2.05) is 31.2 Å². The number of hydrogen-bond acceptors (Lipinski definition) is 9. The predicted octanol–water partition coefficient (Wildman–Crippen LogP) is 4.31. The van der Waals surface area contributed by atoms with E-state index in [2.05, 4.69) is 44.9 Å². The summed E-state index contributed by atoms with van der Waals surface area (Å²) in [4.78, 5) is 12.3. The molecule has 0 fully saturated rings. The van der Waals surface area contributed by atoms with Crippen LogP contribution in [0.3, 0.4) is 0 Å². The zero-order valence-electron chi connectivity index (χ0n) is 15.2. The van der Waals surface area contributed by atoms with Crippen molar-refractivity contribution >= 4 is 51.2 Å². The zero-order chi connectivity index (χ0) is 19.2. The van der Waals surface area contributed by atoms with Gasteiger partial charge >= 0.3 is 0 Å². The van der Waals surface area contributed by atoms with Crippen molar-refractivity contribution in [2.24, 2.45) is 5.92 Å². The van der Waals surface area contributed by atoms with Crippen molar-refractivity contribution in [1.82, 2.24) is 20.4 Å². The standard InChI is InChI=1S/C17H20N6OS3/c1-10(2)8-18-16-22-23-17(27-16)25-9-13-20-21-15(26-13)14(24)19-12-6-4-11(3)5-7-12/h4-7,10H,8-9H2,1-3H3,(H,18,22)(H,19,24). The van der Waals surface area contributed by atoms with Gasteiger partial charge in [-0.2, -0.15) is 0 Å². The average molecular weight is 421 g/mol. The van der Waals surface area contributed by atoms with Crippen LogP contribution in [0.4, 0.5) is 10.8 Å². The van der Waals surface area contributed by atoms with E-state index in [1.165, 1.54) is 22.7 Å². The second-order valence-electron chi connectivity index (χ2n) is 6.26. The van der Waals surface area contributed by atoms with Crippen LogP contribution in [0.2, 0.25) is 0 Å². The Balaban J connectivity index is 1.51. The third-order valence-electron chi connectivity index (χ3n) is 3.36. The number of aromatic nitrogens is 4. The fourth-order valence-corrected chi connectivity index (χ4v) is 4.46. The van der Waals surface area contributed by atoms with Crippen LogP contribution in [0.25, 0.3) is 0 Å². The first-order chi connectivity index (χ1) is 13.0. The molecule has 142 valence electrons. The smallest absolute Gasteiger partial charge is 0.286 e. The lowest BCUT2D eigenvalue weighted by Gasteiger charge is -2.03. The number of carbonyl (C=O) groups excluding carboxylic acids is 1. The first-order valence-corrected chi connectivity index (χ1v) is 11.0. The van der Waals surface area contributed by atoms with Gasteiger partial charge < -0.3 is 10.6 Å². The first kappa shape index (κ1) is 19.7. The molecule has 3 aromatic rings. The largest absolute Gasteiger partial charge is 0.360 e. The topological polar surface area (TPSA) is 92.7 Å². The summed E-state index contributed by atoms with van der Waals surface area (Å²) in [6, 6.07) is 7.63. The Morgan fingerprint density at radius 1 is 1.11 bits per heavy atom. The van der Waals surface area contributed by atoms with Gasteiger partial charge in [0.25, 0.3) is 5.91 Å². The van der Waals surface area contributed by atoms with Gasteiger partial charge in [0.2, 0.25) is 10.1 Å². The number of hydrogen-bond donors (Lipinski definition) is 2. The van der Waals surface area contributed by atoms with Gasteiger partial charge in [0.15, 0.2) is 4.34 Å². The van der Waals surface area contributed by atoms with Crippen LogP contribution < -0.4 is 10.6 Å². The summed E-state index contributed by atoms with van der Waals surface area (Å²) >= 11 is 4.35. The second kappa shape index (κ2) is 9.25. The third-order valence-corrected chi connectivity index (χ3v) is 6.49. The van der Waals surface area contributed by atoms with E-state index in [0.29, 0.717) is 16.7 Å². The Morgan fingerprint density at radius 3 is 2.63 bits per heavy atom. The van der Waals surface area contributed by atoms with E-state index in [1.54, 1.807) is 11.8 Å². The van der Waals surface area contributed by atoms with Gasteiger partial charge in [-0.05, 0) is 25.0 Å². The molecule has 1 amide bonds. The van der Waals surface area contributed by atoms with E-state index in [0.717, 1.165) is 32.3 Å². The first-order valence-electron chi connectivity index (χ1n) is 8.40. The average Bonchev–Trinajstić information content (AvgIpc) is 3.29. The van der Waals surface area contributed by atoms with Crippen molar-refractivity contribution in [3.63, 3.8) is 0 Å². The van der Waals surface area contributed by atoms with Gasteiger partial charge in [-0.25, -0.2) is 0 Å². The molecule has 0 spiro atoms. The maximum atomic E-state index is 12.3. The molecule has 0 aliphatic rings. The molecule has 0 saturated carbocycles. The molecule has 1 aromatic carbocycles. The van der Waals surface area contributed by atoms with Crippen molar-refractivity contribution in [1.29, 1.82) is 0 Å². The van der Waals surface area contributed by atoms with Crippen LogP contribution >= 0.6 is 34.4 Å². The number of aryl methyl sites for hydroxylation is 1. The Morgan fingerprint density at radius 2 is 1.89 bits per heavy atom. The van der Waals surface area contributed by atoms with Crippen LogP contribution in [-0.4, -0.2) is 32.8 Å². The number of nitrogens with one attached hydrogen (secondary N) is 2. The van der Waals surface area contributed by atoms with Crippen LogP contribution in [-0.2, 0) is 5.75 Å². The fraction of sp³-hybridized carbons (Fsp3) is 0.353. The molecule has 2 heterocycles. The Kier molecular flexibility index (Phi) is 6.75. The summed E-state index contributed by atoms with van der Waals surface area (Å²) in [6.07, 6.45) is 0. The molecular weight excluding hydrogens is 400 g/mol. The van der Waals surface area contributed by atoms with Crippen LogP contribution in [0.1, 0.15) is 34.2 Å². The number of amides is 1. The molecule has 0 unspecified atom stereocenters. The molecule has 27 heavy (non-hydrogen) atoms. The zero-order valence-corrected chi connectivity index (χ0v) is 17.7. The SMILES string of the molecule is Cc1ccc(NC(=O)c2nnc(CSc3nnc(NCC(C)C)s3)s2)cc1. The minimum Gasteiger partial charge on any atom is -0.360 e. The molecule has 0 atom stereocenters. The van der Waals surface area contributed by atoms with Crippen LogP contribution in [0.15, 0.2) is 28.6 Å². The highest BCUT2D eigenvalue weighted by Gasteiger charge is 2.14. The number of carbonyl (C=O) groups is 1. The Hall–Kier alpha value is -2.04. The molecule has 10 heteroatoms.